The van der Waals surface area contributed by atoms with Gasteiger partial charge in [-0.3, -0.25) is 4.79 Å². The molecule has 2 fully saturated rings. The quantitative estimate of drug-likeness (QED) is 0.923. The number of likely N-dealkylation sites (tertiary alicyclic amines) is 1. The summed E-state index contributed by atoms with van der Waals surface area (Å²) in [6.45, 7) is 2.15. The van der Waals surface area contributed by atoms with E-state index < -0.39 is 11.4 Å². The lowest BCUT2D eigenvalue weighted by Gasteiger charge is -2.35. The highest BCUT2D eigenvalue weighted by Gasteiger charge is 2.59. The van der Waals surface area contributed by atoms with Crippen LogP contribution in [0.15, 0.2) is 30.0 Å². The standard InChI is InChI=1S/C18H21NO2/c20-17(21)18(8-9-18)16-14-7-3-2-6-13(14)12-15(16)19-10-4-1-5-11-19/h2-3,6-7,12,16H,1,4-5,8-11H2,(H,20,21). The van der Waals surface area contributed by atoms with Crippen molar-refractivity contribution in [2.24, 2.45) is 5.41 Å². The average Bonchev–Trinajstić information content (AvgIpc) is 3.23. The van der Waals surface area contributed by atoms with Crippen molar-refractivity contribution in [3.05, 3.63) is 41.1 Å². The maximum Gasteiger partial charge on any atom is 0.310 e. The molecule has 21 heavy (non-hydrogen) atoms. The molecule has 0 bridgehead atoms. The number of allylic oxidation sites excluding steroid dienone is 1. The molecule has 0 spiro atoms. The first-order valence-electron chi connectivity index (χ1n) is 8.01. The minimum Gasteiger partial charge on any atom is -0.481 e. The van der Waals surface area contributed by atoms with Crippen LogP contribution in [0.2, 0.25) is 0 Å². The van der Waals surface area contributed by atoms with E-state index in [-0.39, 0.29) is 5.92 Å². The zero-order chi connectivity index (χ0) is 14.4. The van der Waals surface area contributed by atoms with Crippen LogP contribution in [0.5, 0.6) is 0 Å². The molecule has 0 radical (unpaired) electrons. The van der Waals surface area contributed by atoms with E-state index in [1.807, 2.05) is 12.1 Å². The molecular weight excluding hydrogens is 262 g/mol. The Kier molecular flexibility index (Phi) is 2.84. The molecule has 110 valence electrons. The smallest absolute Gasteiger partial charge is 0.310 e. The Bertz CT molecular complexity index is 609. The number of aliphatic carboxylic acids is 1. The summed E-state index contributed by atoms with van der Waals surface area (Å²) in [7, 11) is 0. The second-order valence-corrected chi connectivity index (χ2v) is 6.64. The lowest BCUT2D eigenvalue weighted by Crippen LogP contribution is -2.35. The molecule has 0 aromatic heterocycles. The Labute approximate surface area is 125 Å². The van der Waals surface area contributed by atoms with Crippen molar-refractivity contribution in [1.82, 2.24) is 4.90 Å². The van der Waals surface area contributed by atoms with Crippen molar-refractivity contribution in [2.75, 3.05) is 13.1 Å². The Balaban J connectivity index is 1.77. The largest absolute Gasteiger partial charge is 0.481 e. The van der Waals surface area contributed by atoms with Crippen LogP contribution in [-0.2, 0) is 4.79 Å². The van der Waals surface area contributed by atoms with Crippen LogP contribution < -0.4 is 0 Å². The van der Waals surface area contributed by atoms with Crippen LogP contribution in [0, 0.1) is 5.41 Å². The number of rotatable bonds is 3. The van der Waals surface area contributed by atoms with Crippen molar-refractivity contribution >= 4 is 12.0 Å². The number of nitrogens with zero attached hydrogens (tertiary/aromatic N) is 1. The van der Waals surface area contributed by atoms with Crippen molar-refractivity contribution in [3.63, 3.8) is 0 Å². The van der Waals surface area contributed by atoms with E-state index in [1.54, 1.807) is 0 Å². The topological polar surface area (TPSA) is 40.5 Å². The maximum atomic E-state index is 11.9. The van der Waals surface area contributed by atoms with E-state index in [4.69, 9.17) is 0 Å². The molecule has 1 N–H and O–H groups in total. The fourth-order valence-corrected chi connectivity index (χ4v) is 4.07. The van der Waals surface area contributed by atoms with Crippen molar-refractivity contribution in [3.8, 4) is 0 Å². The zero-order valence-electron chi connectivity index (χ0n) is 12.2. The van der Waals surface area contributed by atoms with Crippen molar-refractivity contribution < 1.29 is 9.90 Å². The van der Waals surface area contributed by atoms with Crippen molar-refractivity contribution in [1.29, 1.82) is 0 Å². The third kappa shape index (κ3) is 1.90. The first-order chi connectivity index (χ1) is 10.2. The lowest BCUT2D eigenvalue weighted by atomic mass is 9.82. The molecule has 2 aliphatic carbocycles. The van der Waals surface area contributed by atoms with Gasteiger partial charge in [-0.1, -0.05) is 24.3 Å². The normalized spacial score (nSPS) is 26.2. The number of hydrogen-bond acceptors (Lipinski definition) is 2. The van der Waals surface area contributed by atoms with Gasteiger partial charge in [0.05, 0.1) is 5.41 Å². The van der Waals surface area contributed by atoms with Gasteiger partial charge in [0.15, 0.2) is 0 Å². The van der Waals surface area contributed by atoms with Gasteiger partial charge in [0.2, 0.25) is 0 Å². The molecule has 0 amide bonds. The van der Waals surface area contributed by atoms with E-state index in [2.05, 4.69) is 23.1 Å². The molecule has 1 saturated carbocycles. The third-order valence-corrected chi connectivity index (χ3v) is 5.39. The Morgan fingerprint density at radius 1 is 1.14 bits per heavy atom. The lowest BCUT2D eigenvalue weighted by molar-refractivity contribution is -0.144. The zero-order valence-corrected chi connectivity index (χ0v) is 12.2. The van der Waals surface area contributed by atoms with Crippen LogP contribution >= 0.6 is 0 Å². The van der Waals surface area contributed by atoms with Gasteiger partial charge in [-0.05, 0) is 49.3 Å². The molecule has 3 nitrogen and oxygen atoms in total. The number of carboxylic acid groups (broad SMARTS) is 1. The van der Waals surface area contributed by atoms with Crippen LogP contribution in [-0.4, -0.2) is 29.1 Å². The Hall–Kier alpha value is -1.77. The second-order valence-electron chi connectivity index (χ2n) is 6.64. The molecule has 1 heterocycles. The van der Waals surface area contributed by atoms with Crippen LogP contribution in [0.3, 0.4) is 0 Å². The Morgan fingerprint density at radius 3 is 2.52 bits per heavy atom. The fraction of sp³-hybridized carbons (Fsp3) is 0.500. The maximum absolute atomic E-state index is 11.9. The number of hydrogen-bond donors (Lipinski definition) is 1. The van der Waals surface area contributed by atoms with Gasteiger partial charge < -0.3 is 10.0 Å². The molecule has 4 rings (SSSR count). The summed E-state index contributed by atoms with van der Waals surface area (Å²) in [4.78, 5) is 14.3. The summed E-state index contributed by atoms with van der Waals surface area (Å²) in [5.41, 5.74) is 3.15. The highest BCUT2D eigenvalue weighted by atomic mass is 16.4. The summed E-state index contributed by atoms with van der Waals surface area (Å²) < 4.78 is 0. The summed E-state index contributed by atoms with van der Waals surface area (Å²) in [5.74, 6) is -0.559. The summed E-state index contributed by atoms with van der Waals surface area (Å²) in [6.07, 6.45) is 7.61. The number of piperidine rings is 1. The predicted octanol–water partition coefficient (Wildman–Crippen LogP) is 3.48. The van der Waals surface area contributed by atoms with Gasteiger partial charge in [0, 0.05) is 24.7 Å². The predicted molar refractivity (Wildman–Crippen MR) is 81.9 cm³/mol. The number of benzene rings is 1. The van der Waals surface area contributed by atoms with E-state index in [0.717, 1.165) is 25.9 Å². The molecular formula is C18H21NO2. The summed E-state index contributed by atoms with van der Waals surface area (Å²) in [6, 6.07) is 8.33. The first kappa shape index (κ1) is 12.9. The van der Waals surface area contributed by atoms with Gasteiger partial charge >= 0.3 is 5.97 Å². The molecule has 1 atom stereocenters. The van der Waals surface area contributed by atoms with Crippen LogP contribution in [0.25, 0.3) is 6.08 Å². The molecule has 1 saturated heterocycles. The van der Waals surface area contributed by atoms with E-state index in [9.17, 15) is 9.90 Å². The summed E-state index contributed by atoms with van der Waals surface area (Å²) >= 11 is 0. The van der Waals surface area contributed by atoms with Crippen LogP contribution in [0.4, 0.5) is 0 Å². The first-order valence-corrected chi connectivity index (χ1v) is 8.01. The Morgan fingerprint density at radius 2 is 1.86 bits per heavy atom. The SMILES string of the molecule is O=C(O)C1(C2C(N3CCCCC3)=Cc3ccccc32)CC1. The van der Waals surface area contributed by atoms with Gasteiger partial charge in [-0.2, -0.15) is 0 Å². The van der Waals surface area contributed by atoms with Crippen molar-refractivity contribution in [2.45, 2.75) is 38.0 Å². The van der Waals surface area contributed by atoms with Crippen LogP contribution in [0.1, 0.15) is 49.1 Å². The molecule has 1 aromatic rings. The number of carboxylic acids is 1. The highest BCUT2D eigenvalue weighted by molar-refractivity contribution is 5.83. The number of fused-ring (bicyclic) bond motifs is 1. The monoisotopic (exact) mass is 283 g/mol. The van der Waals surface area contributed by atoms with E-state index >= 15 is 0 Å². The molecule has 3 aliphatic rings. The molecule has 1 unspecified atom stereocenters. The minimum absolute atomic E-state index is 0.0595. The minimum atomic E-state index is -0.618. The van der Waals surface area contributed by atoms with Gasteiger partial charge in [-0.25, -0.2) is 0 Å². The van der Waals surface area contributed by atoms with E-state index in [0.29, 0.717) is 0 Å². The third-order valence-electron chi connectivity index (χ3n) is 5.39. The van der Waals surface area contributed by atoms with Gasteiger partial charge in [0.25, 0.3) is 0 Å². The highest BCUT2D eigenvalue weighted by Crippen LogP contribution is 2.62. The summed E-state index contributed by atoms with van der Waals surface area (Å²) in [5, 5.41) is 9.76. The van der Waals surface area contributed by atoms with Gasteiger partial charge in [0.1, 0.15) is 0 Å². The molecule has 1 aliphatic heterocycles. The molecule has 1 aromatic carbocycles. The second kappa shape index (κ2) is 4.62. The number of carbonyl (C=O) groups is 1. The van der Waals surface area contributed by atoms with Gasteiger partial charge in [-0.15, -0.1) is 0 Å². The average molecular weight is 283 g/mol. The fourth-order valence-electron chi connectivity index (χ4n) is 4.07. The molecule has 3 heteroatoms. The van der Waals surface area contributed by atoms with E-state index in [1.165, 1.54) is 36.1 Å².